The molecule has 11 heteroatoms. The number of aliphatic carboxylic acids is 1. The van der Waals surface area contributed by atoms with E-state index < -0.39 is 12.1 Å². The van der Waals surface area contributed by atoms with E-state index in [0.29, 0.717) is 0 Å². The number of carboxylic acids is 1. The lowest BCUT2D eigenvalue weighted by Gasteiger charge is -2.18. The van der Waals surface area contributed by atoms with Crippen LogP contribution in [0.25, 0.3) is 0 Å². The number of ether oxygens (including phenoxy) is 1. The molecule has 0 unspecified atom stereocenters. The topological polar surface area (TPSA) is 88.4 Å². The van der Waals surface area contributed by atoms with Crippen molar-refractivity contribution in [1.82, 2.24) is 19.9 Å². The first-order valence-electron chi connectivity index (χ1n) is 8.01. The Hall–Kier alpha value is -2.27. The summed E-state index contributed by atoms with van der Waals surface area (Å²) in [5, 5.41) is 10.4. The van der Waals surface area contributed by atoms with Crippen LogP contribution in [-0.2, 0) is 24.2 Å². The van der Waals surface area contributed by atoms with Gasteiger partial charge in [-0.25, -0.2) is 19.7 Å². The summed E-state index contributed by atoms with van der Waals surface area (Å²) in [4.78, 5) is 24.5. The van der Waals surface area contributed by atoms with E-state index >= 15 is 0 Å². The molecule has 0 fully saturated rings. The fourth-order valence-electron chi connectivity index (χ4n) is 2.59. The van der Waals surface area contributed by atoms with E-state index in [1.165, 1.54) is 0 Å². The van der Waals surface area contributed by atoms with Gasteiger partial charge in [-0.15, -0.1) is 11.3 Å². The van der Waals surface area contributed by atoms with Crippen LogP contribution in [0, 0.1) is 6.92 Å². The molecule has 1 aliphatic rings. The summed E-state index contributed by atoms with van der Waals surface area (Å²) in [5.41, 5.74) is 3.44. The molecule has 0 spiro atoms. The van der Waals surface area contributed by atoms with Gasteiger partial charge in [-0.3, -0.25) is 4.90 Å². The normalized spacial score (nSPS) is 14.6. The van der Waals surface area contributed by atoms with E-state index in [1.54, 1.807) is 24.8 Å². The van der Waals surface area contributed by atoms with E-state index in [-0.39, 0.29) is 0 Å². The monoisotopic (exact) mass is 404 g/mol. The van der Waals surface area contributed by atoms with E-state index in [4.69, 9.17) is 14.6 Å². The van der Waals surface area contributed by atoms with Crippen LogP contribution in [0.2, 0.25) is 0 Å². The second-order valence-electron chi connectivity index (χ2n) is 5.75. The van der Waals surface area contributed by atoms with Gasteiger partial charge >= 0.3 is 12.1 Å². The lowest BCUT2D eigenvalue weighted by Crippen LogP contribution is -2.26. The summed E-state index contributed by atoms with van der Waals surface area (Å²) in [5.74, 6) is -2.03. The molecule has 0 radical (unpaired) electrons. The largest absolute Gasteiger partial charge is 0.490 e. The van der Waals surface area contributed by atoms with Crippen LogP contribution in [0.3, 0.4) is 0 Å². The SMILES string of the molecule is COc1ncnc2c1CCN(Cc1csc(C)n1)CC2.O=C(O)C(F)(F)F. The van der Waals surface area contributed by atoms with Gasteiger partial charge in [0.05, 0.1) is 23.5 Å². The molecule has 7 nitrogen and oxygen atoms in total. The quantitative estimate of drug-likeness (QED) is 0.841. The number of carbonyl (C=O) groups is 1. The minimum Gasteiger partial charge on any atom is -0.481 e. The molecule has 2 aromatic heterocycles. The Morgan fingerprint density at radius 1 is 1.33 bits per heavy atom. The zero-order valence-corrected chi connectivity index (χ0v) is 15.6. The van der Waals surface area contributed by atoms with E-state index in [2.05, 4.69) is 25.2 Å². The van der Waals surface area contributed by atoms with Crippen LogP contribution >= 0.6 is 11.3 Å². The Labute approximate surface area is 157 Å². The van der Waals surface area contributed by atoms with Gasteiger partial charge in [0.15, 0.2) is 0 Å². The molecule has 0 amide bonds. The van der Waals surface area contributed by atoms with Crippen molar-refractivity contribution in [3.63, 3.8) is 0 Å². The lowest BCUT2D eigenvalue weighted by atomic mass is 10.1. The van der Waals surface area contributed by atoms with Crippen molar-refractivity contribution >= 4 is 17.3 Å². The second-order valence-corrected chi connectivity index (χ2v) is 6.81. The number of aryl methyl sites for hydroxylation is 1. The zero-order valence-electron chi connectivity index (χ0n) is 14.8. The van der Waals surface area contributed by atoms with Gasteiger partial charge in [0.1, 0.15) is 6.33 Å². The predicted molar refractivity (Wildman–Crippen MR) is 91.8 cm³/mol. The predicted octanol–water partition coefficient (Wildman–Crippen LogP) is 2.48. The van der Waals surface area contributed by atoms with E-state index in [1.807, 2.05) is 6.92 Å². The maximum Gasteiger partial charge on any atom is 0.490 e. The van der Waals surface area contributed by atoms with Crippen molar-refractivity contribution < 1.29 is 27.8 Å². The van der Waals surface area contributed by atoms with Crippen molar-refractivity contribution in [2.75, 3.05) is 20.2 Å². The smallest absolute Gasteiger partial charge is 0.481 e. The summed E-state index contributed by atoms with van der Waals surface area (Å²) in [7, 11) is 1.67. The summed E-state index contributed by atoms with van der Waals surface area (Å²) in [6, 6.07) is 0. The highest BCUT2D eigenvalue weighted by molar-refractivity contribution is 7.09. The zero-order chi connectivity index (χ0) is 20.0. The fourth-order valence-corrected chi connectivity index (χ4v) is 3.19. The molecule has 148 valence electrons. The number of nitrogens with zero attached hydrogens (tertiary/aromatic N) is 4. The van der Waals surface area contributed by atoms with Gasteiger partial charge in [-0.2, -0.15) is 13.2 Å². The highest BCUT2D eigenvalue weighted by atomic mass is 32.1. The molecule has 0 saturated carbocycles. The summed E-state index contributed by atoms with van der Waals surface area (Å²) < 4.78 is 37.1. The molecule has 1 N–H and O–H groups in total. The number of thiazole rings is 1. The Bertz CT molecular complexity index is 783. The standard InChI is InChI=1S/C14H18N4OS.C2HF3O2/c1-10-17-11(8-20-10)7-18-5-3-12-13(4-6-18)15-9-16-14(12)19-2;3-2(4,5)1(6)7/h8-9H,3-7H2,1-2H3;(H,6,7). The van der Waals surface area contributed by atoms with E-state index in [0.717, 1.165) is 60.3 Å². The number of hydrogen-bond donors (Lipinski definition) is 1. The van der Waals surface area contributed by atoms with Gasteiger partial charge in [-0.1, -0.05) is 0 Å². The van der Waals surface area contributed by atoms with Crippen LogP contribution in [-0.4, -0.2) is 57.3 Å². The minimum atomic E-state index is -5.08. The molecule has 0 aromatic carbocycles. The van der Waals surface area contributed by atoms with Crippen LogP contribution in [0.15, 0.2) is 11.7 Å². The third kappa shape index (κ3) is 6.14. The average Bonchev–Trinajstić information content (AvgIpc) is 2.90. The van der Waals surface area contributed by atoms with Crippen molar-refractivity contribution in [2.24, 2.45) is 0 Å². The molecule has 3 heterocycles. The van der Waals surface area contributed by atoms with Crippen LogP contribution < -0.4 is 4.74 Å². The summed E-state index contributed by atoms with van der Waals surface area (Å²) in [6.45, 7) is 4.96. The number of hydrogen-bond acceptors (Lipinski definition) is 7. The first kappa shape index (κ1) is 21.0. The first-order valence-corrected chi connectivity index (χ1v) is 8.89. The number of fused-ring (bicyclic) bond motifs is 1. The molecule has 2 aromatic rings. The van der Waals surface area contributed by atoms with Gasteiger partial charge in [0.25, 0.3) is 0 Å². The van der Waals surface area contributed by atoms with Crippen molar-refractivity contribution in [1.29, 1.82) is 0 Å². The van der Waals surface area contributed by atoms with Crippen molar-refractivity contribution in [3.05, 3.63) is 33.7 Å². The molecule has 27 heavy (non-hydrogen) atoms. The molecule has 1 aliphatic heterocycles. The lowest BCUT2D eigenvalue weighted by molar-refractivity contribution is -0.192. The highest BCUT2D eigenvalue weighted by Gasteiger charge is 2.38. The Morgan fingerprint density at radius 3 is 2.56 bits per heavy atom. The van der Waals surface area contributed by atoms with Gasteiger partial charge in [-0.05, 0) is 13.3 Å². The molecular weight excluding hydrogens is 385 g/mol. The maximum absolute atomic E-state index is 10.6. The molecule has 0 aliphatic carbocycles. The first-order chi connectivity index (χ1) is 12.7. The Balaban J connectivity index is 0.000000321. The fraction of sp³-hybridized carbons (Fsp3) is 0.500. The number of rotatable bonds is 3. The second kappa shape index (κ2) is 9.09. The number of methoxy groups -OCH3 is 1. The Kier molecular flexibility index (Phi) is 7.08. The molecule has 0 bridgehead atoms. The van der Waals surface area contributed by atoms with Crippen LogP contribution in [0.5, 0.6) is 5.88 Å². The summed E-state index contributed by atoms with van der Waals surface area (Å²) in [6.07, 6.45) is -1.61. The average molecular weight is 404 g/mol. The van der Waals surface area contributed by atoms with Crippen LogP contribution in [0.1, 0.15) is 22.0 Å². The third-order valence-electron chi connectivity index (χ3n) is 3.83. The molecule has 0 atom stereocenters. The maximum atomic E-state index is 10.6. The number of halogens is 3. The van der Waals surface area contributed by atoms with Crippen molar-refractivity contribution in [3.8, 4) is 5.88 Å². The minimum absolute atomic E-state index is 0.723. The third-order valence-corrected chi connectivity index (χ3v) is 4.65. The molecule has 3 rings (SSSR count). The summed E-state index contributed by atoms with van der Waals surface area (Å²) >= 11 is 1.71. The van der Waals surface area contributed by atoms with Gasteiger partial charge < -0.3 is 9.84 Å². The number of alkyl halides is 3. The molecule has 0 saturated heterocycles. The van der Waals surface area contributed by atoms with Crippen LogP contribution in [0.4, 0.5) is 13.2 Å². The Morgan fingerprint density at radius 2 is 2.00 bits per heavy atom. The number of aromatic nitrogens is 3. The highest BCUT2D eigenvalue weighted by Crippen LogP contribution is 2.22. The van der Waals surface area contributed by atoms with Gasteiger partial charge in [0.2, 0.25) is 5.88 Å². The molecular formula is C16H19F3N4O3S. The van der Waals surface area contributed by atoms with Crippen molar-refractivity contribution in [2.45, 2.75) is 32.5 Å². The number of carboxylic acid groups (broad SMARTS) is 1. The van der Waals surface area contributed by atoms with Gasteiger partial charge in [0, 0.05) is 37.0 Å². The van der Waals surface area contributed by atoms with E-state index in [9.17, 15) is 13.2 Å².